The van der Waals surface area contributed by atoms with Crippen molar-refractivity contribution in [1.29, 1.82) is 0 Å². The number of aryl methyl sites for hydroxylation is 1. The van der Waals surface area contributed by atoms with Crippen molar-refractivity contribution in [3.63, 3.8) is 0 Å². The predicted octanol–water partition coefficient (Wildman–Crippen LogP) is 3.48. The van der Waals surface area contributed by atoms with Crippen LogP contribution in [0.1, 0.15) is 30.9 Å². The van der Waals surface area contributed by atoms with Gasteiger partial charge in [-0.1, -0.05) is 23.4 Å². The van der Waals surface area contributed by atoms with Crippen LogP contribution in [0.25, 0.3) is 0 Å². The number of nitrogens with zero attached hydrogens (tertiary/aromatic N) is 1. The van der Waals surface area contributed by atoms with Crippen LogP contribution < -0.4 is 10.1 Å². The summed E-state index contributed by atoms with van der Waals surface area (Å²) in [6, 6.07) is 10.0. The molecule has 0 fully saturated rings. The van der Waals surface area contributed by atoms with Gasteiger partial charge < -0.3 is 14.6 Å². The van der Waals surface area contributed by atoms with Gasteiger partial charge >= 0.3 is 0 Å². The molecule has 0 aliphatic carbocycles. The minimum atomic E-state index is 0. The summed E-state index contributed by atoms with van der Waals surface area (Å²) in [5.74, 6) is 1.77. The summed E-state index contributed by atoms with van der Waals surface area (Å²) >= 11 is 0. The Morgan fingerprint density at radius 2 is 2.00 bits per heavy atom. The zero-order valence-corrected chi connectivity index (χ0v) is 12.9. The highest BCUT2D eigenvalue weighted by molar-refractivity contribution is 5.85. The van der Waals surface area contributed by atoms with Crippen molar-refractivity contribution in [1.82, 2.24) is 10.5 Å². The molecule has 0 aliphatic rings. The lowest BCUT2D eigenvalue weighted by Crippen LogP contribution is -2.15. The fourth-order valence-electron chi connectivity index (χ4n) is 1.85. The van der Waals surface area contributed by atoms with Crippen LogP contribution in [0.4, 0.5) is 0 Å². The Labute approximate surface area is 125 Å². The van der Waals surface area contributed by atoms with Crippen LogP contribution in [-0.4, -0.2) is 11.3 Å². The fourth-order valence-corrected chi connectivity index (χ4v) is 1.85. The molecule has 5 heteroatoms. The second-order valence-corrected chi connectivity index (χ2v) is 4.81. The first kappa shape index (κ1) is 16.5. The highest BCUT2D eigenvalue weighted by Crippen LogP contribution is 2.19. The first-order valence-electron chi connectivity index (χ1n) is 6.52. The van der Waals surface area contributed by atoms with Gasteiger partial charge in [-0.3, -0.25) is 0 Å². The average molecular weight is 297 g/mol. The minimum Gasteiger partial charge on any atom is -0.491 e. The number of para-hydroxylation sites is 1. The summed E-state index contributed by atoms with van der Waals surface area (Å²) < 4.78 is 10.8. The fraction of sp³-hybridized carbons (Fsp3) is 0.400. The molecule has 0 atom stereocenters. The third-order valence-corrected chi connectivity index (χ3v) is 2.63. The lowest BCUT2D eigenvalue weighted by atomic mass is 10.2. The van der Waals surface area contributed by atoms with E-state index in [2.05, 4.69) is 16.5 Å². The third kappa shape index (κ3) is 4.87. The number of rotatable bonds is 6. The molecule has 2 rings (SSSR count). The molecular weight excluding hydrogens is 276 g/mol. The van der Waals surface area contributed by atoms with Crippen LogP contribution in [0.2, 0.25) is 0 Å². The van der Waals surface area contributed by atoms with Crippen LogP contribution in [0, 0.1) is 6.92 Å². The van der Waals surface area contributed by atoms with Gasteiger partial charge in [0.25, 0.3) is 0 Å². The number of benzene rings is 1. The Bertz CT molecular complexity index is 526. The topological polar surface area (TPSA) is 47.3 Å². The molecule has 1 aromatic heterocycles. The van der Waals surface area contributed by atoms with Gasteiger partial charge in [0.15, 0.2) is 0 Å². The van der Waals surface area contributed by atoms with E-state index in [1.807, 2.05) is 45.0 Å². The van der Waals surface area contributed by atoms with Gasteiger partial charge in [-0.25, -0.2) is 0 Å². The smallest absolute Gasteiger partial charge is 0.133 e. The van der Waals surface area contributed by atoms with Crippen LogP contribution in [0.5, 0.6) is 5.75 Å². The number of nitrogens with one attached hydrogen (secondary N) is 1. The maximum atomic E-state index is 5.78. The number of ether oxygens (including phenoxy) is 1. The molecule has 1 aromatic carbocycles. The van der Waals surface area contributed by atoms with E-state index in [1.165, 1.54) is 0 Å². The zero-order valence-electron chi connectivity index (χ0n) is 12.1. The van der Waals surface area contributed by atoms with E-state index in [-0.39, 0.29) is 18.5 Å². The van der Waals surface area contributed by atoms with E-state index in [4.69, 9.17) is 9.26 Å². The maximum Gasteiger partial charge on any atom is 0.133 e. The van der Waals surface area contributed by atoms with E-state index < -0.39 is 0 Å². The molecule has 0 unspecified atom stereocenters. The summed E-state index contributed by atoms with van der Waals surface area (Å²) in [6.07, 6.45) is 0.180. The van der Waals surface area contributed by atoms with Crippen molar-refractivity contribution in [2.45, 2.75) is 40.0 Å². The Kier molecular flexibility index (Phi) is 6.55. The van der Waals surface area contributed by atoms with Gasteiger partial charge in [-0.15, -0.1) is 12.4 Å². The van der Waals surface area contributed by atoms with E-state index in [0.29, 0.717) is 6.54 Å². The van der Waals surface area contributed by atoms with Gasteiger partial charge in [0, 0.05) is 24.7 Å². The number of hydrogen-bond acceptors (Lipinski definition) is 4. The van der Waals surface area contributed by atoms with Crippen molar-refractivity contribution in [3.8, 4) is 5.75 Å². The molecule has 110 valence electrons. The Balaban J connectivity index is 0.00000200. The third-order valence-electron chi connectivity index (χ3n) is 2.63. The highest BCUT2D eigenvalue weighted by Gasteiger charge is 2.05. The largest absolute Gasteiger partial charge is 0.491 e. The van der Waals surface area contributed by atoms with Crippen LogP contribution in [-0.2, 0) is 13.1 Å². The minimum absolute atomic E-state index is 0. The summed E-state index contributed by atoms with van der Waals surface area (Å²) in [6.45, 7) is 7.38. The SMILES string of the molecule is Cc1cc(CNCc2ccccc2OC(C)C)no1.Cl. The summed E-state index contributed by atoms with van der Waals surface area (Å²) in [5, 5.41) is 7.29. The molecule has 0 aliphatic heterocycles. The van der Waals surface area contributed by atoms with Crippen molar-refractivity contribution in [2.75, 3.05) is 0 Å². The molecule has 4 nitrogen and oxygen atoms in total. The summed E-state index contributed by atoms with van der Waals surface area (Å²) in [4.78, 5) is 0. The zero-order chi connectivity index (χ0) is 13.7. The first-order valence-corrected chi connectivity index (χ1v) is 6.52. The van der Waals surface area contributed by atoms with Gasteiger partial charge in [-0.2, -0.15) is 0 Å². The van der Waals surface area contributed by atoms with Crippen molar-refractivity contribution in [2.24, 2.45) is 0 Å². The molecule has 0 amide bonds. The second-order valence-electron chi connectivity index (χ2n) is 4.81. The molecule has 0 saturated carbocycles. The van der Waals surface area contributed by atoms with Gasteiger partial charge in [0.2, 0.25) is 0 Å². The van der Waals surface area contributed by atoms with E-state index >= 15 is 0 Å². The summed E-state index contributed by atoms with van der Waals surface area (Å²) in [5.41, 5.74) is 2.07. The highest BCUT2D eigenvalue weighted by atomic mass is 35.5. The van der Waals surface area contributed by atoms with E-state index in [0.717, 1.165) is 29.3 Å². The van der Waals surface area contributed by atoms with Crippen LogP contribution in [0.3, 0.4) is 0 Å². The van der Waals surface area contributed by atoms with Gasteiger partial charge in [-0.05, 0) is 26.8 Å². The second kappa shape index (κ2) is 7.92. The van der Waals surface area contributed by atoms with Crippen LogP contribution >= 0.6 is 12.4 Å². The van der Waals surface area contributed by atoms with Crippen molar-refractivity contribution < 1.29 is 9.26 Å². The molecule has 0 spiro atoms. The molecule has 0 bridgehead atoms. The van der Waals surface area contributed by atoms with Gasteiger partial charge in [0.05, 0.1) is 11.8 Å². The molecule has 0 saturated heterocycles. The molecule has 2 aromatic rings. The normalized spacial score (nSPS) is 10.4. The maximum absolute atomic E-state index is 5.78. The Morgan fingerprint density at radius 1 is 1.25 bits per heavy atom. The van der Waals surface area contributed by atoms with E-state index in [9.17, 15) is 0 Å². The Morgan fingerprint density at radius 3 is 2.65 bits per heavy atom. The molecule has 0 radical (unpaired) electrons. The quantitative estimate of drug-likeness (QED) is 0.886. The first-order chi connectivity index (χ1) is 9.15. The van der Waals surface area contributed by atoms with Crippen molar-refractivity contribution in [3.05, 3.63) is 47.3 Å². The average Bonchev–Trinajstić information content (AvgIpc) is 2.77. The summed E-state index contributed by atoms with van der Waals surface area (Å²) in [7, 11) is 0. The monoisotopic (exact) mass is 296 g/mol. The number of hydrogen-bond donors (Lipinski definition) is 1. The molecule has 20 heavy (non-hydrogen) atoms. The number of aromatic nitrogens is 1. The Hall–Kier alpha value is -1.52. The molecule has 1 N–H and O–H groups in total. The standard InChI is InChI=1S/C15H20N2O2.ClH/c1-11(2)18-15-7-5-4-6-13(15)9-16-10-14-8-12(3)19-17-14;/h4-8,11,16H,9-10H2,1-3H3;1H. The van der Waals surface area contributed by atoms with Crippen LogP contribution in [0.15, 0.2) is 34.9 Å². The van der Waals surface area contributed by atoms with Crippen molar-refractivity contribution >= 4 is 12.4 Å². The van der Waals surface area contributed by atoms with E-state index in [1.54, 1.807) is 0 Å². The van der Waals surface area contributed by atoms with Gasteiger partial charge in [0.1, 0.15) is 11.5 Å². The lowest BCUT2D eigenvalue weighted by Gasteiger charge is -2.14. The lowest BCUT2D eigenvalue weighted by molar-refractivity contribution is 0.239. The predicted molar refractivity (Wildman–Crippen MR) is 81.2 cm³/mol. The molecule has 1 heterocycles. The number of halogens is 1. The molecular formula is C15H21ClN2O2.